The van der Waals surface area contributed by atoms with Gasteiger partial charge in [-0.3, -0.25) is 9.78 Å². The number of aromatic nitrogens is 3. The SMILES string of the molecule is COc1ccc(-c2noc(-c3ccc(NC(=O)c4ccccn4)cc3)n2)cc1. The molecule has 0 radical (unpaired) electrons. The van der Waals surface area contributed by atoms with E-state index in [1.165, 1.54) is 0 Å². The highest BCUT2D eigenvalue weighted by Gasteiger charge is 2.12. The molecule has 4 aromatic rings. The number of amides is 1. The molecule has 2 heterocycles. The largest absolute Gasteiger partial charge is 0.497 e. The topological polar surface area (TPSA) is 90.1 Å². The number of pyridine rings is 1. The van der Waals surface area contributed by atoms with E-state index >= 15 is 0 Å². The molecular formula is C21H16N4O3. The zero-order chi connectivity index (χ0) is 19.3. The van der Waals surface area contributed by atoms with E-state index in [0.717, 1.165) is 16.9 Å². The lowest BCUT2D eigenvalue weighted by Crippen LogP contribution is -2.13. The van der Waals surface area contributed by atoms with Crippen LogP contribution in [0.3, 0.4) is 0 Å². The van der Waals surface area contributed by atoms with Crippen molar-refractivity contribution >= 4 is 11.6 Å². The normalized spacial score (nSPS) is 10.5. The predicted octanol–water partition coefficient (Wildman–Crippen LogP) is 4.06. The highest BCUT2D eigenvalue weighted by molar-refractivity contribution is 6.02. The van der Waals surface area contributed by atoms with Crippen LogP contribution in [0.2, 0.25) is 0 Å². The van der Waals surface area contributed by atoms with Crippen molar-refractivity contribution in [2.24, 2.45) is 0 Å². The van der Waals surface area contributed by atoms with Gasteiger partial charge in [-0.15, -0.1) is 0 Å². The Morgan fingerprint density at radius 3 is 2.39 bits per heavy atom. The third kappa shape index (κ3) is 3.73. The van der Waals surface area contributed by atoms with Crippen molar-refractivity contribution in [3.8, 4) is 28.6 Å². The summed E-state index contributed by atoms with van der Waals surface area (Å²) in [6, 6.07) is 19.7. The lowest BCUT2D eigenvalue weighted by molar-refractivity contribution is 0.102. The minimum Gasteiger partial charge on any atom is -0.497 e. The number of nitrogens with zero attached hydrogens (tertiary/aromatic N) is 3. The summed E-state index contributed by atoms with van der Waals surface area (Å²) in [6.45, 7) is 0. The molecule has 28 heavy (non-hydrogen) atoms. The van der Waals surface area contributed by atoms with Crippen LogP contribution in [0.15, 0.2) is 77.4 Å². The van der Waals surface area contributed by atoms with E-state index in [-0.39, 0.29) is 5.91 Å². The van der Waals surface area contributed by atoms with E-state index in [9.17, 15) is 4.79 Å². The summed E-state index contributed by atoms with van der Waals surface area (Å²) in [4.78, 5) is 20.6. The first kappa shape index (κ1) is 17.4. The van der Waals surface area contributed by atoms with Crippen LogP contribution in [0.25, 0.3) is 22.8 Å². The molecule has 0 atom stereocenters. The molecule has 2 aromatic heterocycles. The van der Waals surface area contributed by atoms with E-state index in [0.29, 0.717) is 23.1 Å². The molecule has 0 unspecified atom stereocenters. The van der Waals surface area contributed by atoms with E-state index in [1.54, 1.807) is 55.8 Å². The number of rotatable bonds is 5. The molecule has 0 saturated heterocycles. The fraction of sp³-hybridized carbons (Fsp3) is 0.0476. The molecule has 7 heteroatoms. The molecule has 0 aliphatic carbocycles. The lowest BCUT2D eigenvalue weighted by Gasteiger charge is -2.04. The van der Waals surface area contributed by atoms with Crippen LogP contribution < -0.4 is 10.1 Å². The fourth-order valence-electron chi connectivity index (χ4n) is 2.59. The number of hydrogen-bond acceptors (Lipinski definition) is 6. The summed E-state index contributed by atoms with van der Waals surface area (Å²) in [7, 11) is 1.61. The Labute approximate surface area is 161 Å². The molecule has 2 aromatic carbocycles. The molecule has 0 bridgehead atoms. The molecule has 1 amide bonds. The Balaban J connectivity index is 1.48. The summed E-state index contributed by atoms with van der Waals surface area (Å²) in [5, 5.41) is 6.82. The van der Waals surface area contributed by atoms with Gasteiger partial charge in [0.2, 0.25) is 5.82 Å². The monoisotopic (exact) mass is 372 g/mol. The lowest BCUT2D eigenvalue weighted by atomic mass is 10.2. The van der Waals surface area contributed by atoms with Crippen molar-refractivity contribution in [1.82, 2.24) is 15.1 Å². The molecule has 7 nitrogen and oxygen atoms in total. The highest BCUT2D eigenvalue weighted by atomic mass is 16.5. The van der Waals surface area contributed by atoms with Crippen molar-refractivity contribution in [3.05, 3.63) is 78.6 Å². The Morgan fingerprint density at radius 1 is 0.964 bits per heavy atom. The van der Waals surface area contributed by atoms with Crippen molar-refractivity contribution in [2.45, 2.75) is 0 Å². The Bertz CT molecular complexity index is 1070. The van der Waals surface area contributed by atoms with Crippen LogP contribution in [0.4, 0.5) is 5.69 Å². The zero-order valence-corrected chi connectivity index (χ0v) is 15.0. The molecule has 138 valence electrons. The molecule has 0 saturated carbocycles. The molecule has 0 spiro atoms. The summed E-state index contributed by atoms with van der Waals surface area (Å²) in [5.74, 6) is 1.38. The number of hydrogen-bond donors (Lipinski definition) is 1. The second-order valence-electron chi connectivity index (χ2n) is 5.90. The fourth-order valence-corrected chi connectivity index (χ4v) is 2.59. The first-order chi connectivity index (χ1) is 13.7. The number of anilines is 1. The zero-order valence-electron chi connectivity index (χ0n) is 15.0. The predicted molar refractivity (Wildman–Crippen MR) is 104 cm³/mol. The van der Waals surface area contributed by atoms with Gasteiger partial charge >= 0.3 is 0 Å². The number of carbonyl (C=O) groups excluding carboxylic acids is 1. The quantitative estimate of drug-likeness (QED) is 0.568. The number of benzene rings is 2. The van der Waals surface area contributed by atoms with Gasteiger partial charge in [0.25, 0.3) is 11.8 Å². The van der Waals surface area contributed by atoms with Gasteiger partial charge in [0, 0.05) is 23.0 Å². The Hall–Kier alpha value is -4.00. The third-order valence-corrected chi connectivity index (χ3v) is 4.06. The van der Waals surface area contributed by atoms with Gasteiger partial charge in [0.1, 0.15) is 11.4 Å². The van der Waals surface area contributed by atoms with Crippen LogP contribution >= 0.6 is 0 Å². The maximum absolute atomic E-state index is 12.2. The number of ether oxygens (including phenoxy) is 1. The van der Waals surface area contributed by atoms with Crippen LogP contribution in [0.5, 0.6) is 5.75 Å². The summed E-state index contributed by atoms with van der Waals surface area (Å²) < 4.78 is 10.5. The average molecular weight is 372 g/mol. The van der Waals surface area contributed by atoms with Crippen LogP contribution in [0, 0.1) is 0 Å². The highest BCUT2D eigenvalue weighted by Crippen LogP contribution is 2.25. The minimum absolute atomic E-state index is 0.270. The minimum atomic E-state index is -0.270. The van der Waals surface area contributed by atoms with E-state index in [4.69, 9.17) is 9.26 Å². The maximum Gasteiger partial charge on any atom is 0.274 e. The number of nitrogens with one attached hydrogen (secondary N) is 1. The standard InChI is InChI=1S/C21H16N4O3/c1-27-17-11-7-14(8-12-17)19-24-21(28-25-19)15-5-9-16(10-6-15)23-20(26)18-4-2-3-13-22-18/h2-13H,1H3,(H,23,26). The van der Waals surface area contributed by atoms with Gasteiger partial charge in [-0.05, 0) is 60.7 Å². The van der Waals surface area contributed by atoms with Gasteiger partial charge in [-0.2, -0.15) is 4.98 Å². The van der Waals surface area contributed by atoms with E-state index in [2.05, 4.69) is 20.4 Å². The maximum atomic E-state index is 12.2. The first-order valence-electron chi connectivity index (χ1n) is 8.54. The van der Waals surface area contributed by atoms with E-state index in [1.807, 2.05) is 24.3 Å². The first-order valence-corrected chi connectivity index (χ1v) is 8.54. The van der Waals surface area contributed by atoms with Crippen molar-refractivity contribution in [2.75, 3.05) is 12.4 Å². The Kier molecular flexibility index (Phi) is 4.79. The van der Waals surface area contributed by atoms with Gasteiger partial charge in [0.05, 0.1) is 7.11 Å². The smallest absolute Gasteiger partial charge is 0.274 e. The molecule has 4 rings (SSSR count). The van der Waals surface area contributed by atoms with Crippen molar-refractivity contribution in [1.29, 1.82) is 0 Å². The summed E-state index contributed by atoms with van der Waals surface area (Å²) in [5.41, 5.74) is 2.58. The van der Waals surface area contributed by atoms with Crippen LogP contribution in [-0.4, -0.2) is 28.1 Å². The number of carbonyl (C=O) groups is 1. The van der Waals surface area contributed by atoms with Gasteiger partial charge in [-0.1, -0.05) is 11.2 Å². The summed E-state index contributed by atoms with van der Waals surface area (Å²) in [6.07, 6.45) is 1.58. The van der Waals surface area contributed by atoms with Crippen LogP contribution in [0.1, 0.15) is 10.5 Å². The molecule has 0 aliphatic heterocycles. The van der Waals surface area contributed by atoms with Crippen molar-refractivity contribution in [3.63, 3.8) is 0 Å². The third-order valence-electron chi connectivity index (χ3n) is 4.06. The van der Waals surface area contributed by atoms with Gasteiger partial charge in [-0.25, -0.2) is 0 Å². The van der Waals surface area contributed by atoms with Crippen molar-refractivity contribution < 1.29 is 14.1 Å². The van der Waals surface area contributed by atoms with E-state index < -0.39 is 0 Å². The molecule has 0 fully saturated rings. The average Bonchev–Trinajstić information content (AvgIpc) is 3.25. The van der Waals surface area contributed by atoms with Crippen LogP contribution in [-0.2, 0) is 0 Å². The Morgan fingerprint density at radius 2 is 1.71 bits per heavy atom. The molecule has 1 N–H and O–H groups in total. The van der Waals surface area contributed by atoms with Gasteiger partial charge < -0.3 is 14.6 Å². The van der Waals surface area contributed by atoms with Gasteiger partial charge in [0.15, 0.2) is 0 Å². The second kappa shape index (κ2) is 7.71. The summed E-state index contributed by atoms with van der Waals surface area (Å²) >= 11 is 0. The molecular weight excluding hydrogens is 356 g/mol. The second-order valence-corrected chi connectivity index (χ2v) is 5.90. The molecule has 0 aliphatic rings. The number of methoxy groups -OCH3 is 1.